The zero-order valence-corrected chi connectivity index (χ0v) is 22.0. The van der Waals surface area contributed by atoms with E-state index in [2.05, 4.69) is 156 Å². The summed E-state index contributed by atoms with van der Waals surface area (Å²) in [6.45, 7) is 1.67. The van der Waals surface area contributed by atoms with Gasteiger partial charge in [0.25, 0.3) is 0 Å². The first-order chi connectivity index (χ1) is 17.9. The molecule has 0 aliphatic rings. The highest BCUT2D eigenvalue weighted by Gasteiger charge is 2.14. The predicted octanol–water partition coefficient (Wildman–Crippen LogP) is 5.96. The summed E-state index contributed by atoms with van der Waals surface area (Å²) in [6.07, 6.45) is 0. The van der Waals surface area contributed by atoms with Gasteiger partial charge in [-0.2, -0.15) is 0 Å². The van der Waals surface area contributed by atoms with E-state index in [4.69, 9.17) is 0 Å². The van der Waals surface area contributed by atoms with Crippen LogP contribution < -0.4 is 31.4 Å². The summed E-state index contributed by atoms with van der Waals surface area (Å²) in [5.41, 5.74) is 2.60. The Morgan fingerprint density at radius 2 is 0.583 bits per heavy atom. The Bertz CT molecular complexity index is 1130. The maximum absolute atomic E-state index is 3.83. The molecule has 5 aromatic carbocycles. The first-order valence-electron chi connectivity index (χ1n) is 12.2. The third kappa shape index (κ3) is 6.55. The van der Waals surface area contributed by atoms with Crippen molar-refractivity contribution in [2.24, 2.45) is 0 Å². The minimum atomic E-state index is -0.609. The number of hydrogen-bond acceptors (Lipinski definition) is 2. The second-order valence-corrected chi connectivity index (χ2v) is 12.5. The van der Waals surface area contributed by atoms with Gasteiger partial charge < -0.3 is 0 Å². The molecule has 0 saturated heterocycles. The molecule has 0 amide bonds. The molecule has 0 aliphatic heterocycles. The van der Waals surface area contributed by atoms with Gasteiger partial charge in [0.15, 0.2) is 0 Å². The lowest BCUT2D eigenvalue weighted by molar-refractivity contribution is 0.944. The van der Waals surface area contributed by atoms with Gasteiger partial charge in [0.1, 0.15) is 0 Å². The van der Waals surface area contributed by atoms with Crippen molar-refractivity contribution in [2.75, 3.05) is 0 Å². The average Bonchev–Trinajstić information content (AvgIpc) is 2.96. The Morgan fingerprint density at radius 3 is 0.833 bits per heavy atom. The largest absolute Gasteiger partial charge is 0.284 e. The van der Waals surface area contributed by atoms with Crippen LogP contribution >= 0.6 is 16.1 Å². The summed E-state index contributed by atoms with van der Waals surface area (Å²) in [6, 6.07) is 52.1. The van der Waals surface area contributed by atoms with Gasteiger partial charge in [0.05, 0.1) is 0 Å². The van der Waals surface area contributed by atoms with E-state index in [-0.39, 0.29) is 0 Å². The standard InChI is InChI=1S/C32H30N2P2/c1-5-13-29(14-6-1)35(30-15-7-2-8-16-30)33-25-27-21-23-28(24-22-27)26-34-36(31-17-9-3-10-18-31)32-19-11-4-12-20-32/h1-24,33-34H,25-26H2. The SMILES string of the molecule is c1ccc(P(NCc2ccc(CNP(c3ccccc3)c3ccccc3)cc2)c2ccccc2)cc1. The normalized spacial score (nSPS) is 11.2. The van der Waals surface area contributed by atoms with Gasteiger partial charge in [-0.1, -0.05) is 146 Å². The van der Waals surface area contributed by atoms with Gasteiger partial charge >= 0.3 is 0 Å². The minimum absolute atomic E-state index is 0.609. The van der Waals surface area contributed by atoms with E-state index in [9.17, 15) is 0 Å². The van der Waals surface area contributed by atoms with E-state index in [1.165, 1.54) is 32.3 Å². The van der Waals surface area contributed by atoms with Crippen LogP contribution in [0.5, 0.6) is 0 Å². The molecule has 5 aromatic rings. The third-order valence-corrected chi connectivity index (χ3v) is 10.2. The highest BCUT2D eigenvalue weighted by atomic mass is 31.1. The molecule has 5 rings (SSSR count). The second-order valence-electron chi connectivity index (χ2n) is 8.50. The first-order valence-corrected chi connectivity index (χ1v) is 14.9. The maximum Gasteiger partial charge on any atom is 0.0256 e. The van der Waals surface area contributed by atoms with Crippen LogP contribution in [0, 0.1) is 0 Å². The lowest BCUT2D eigenvalue weighted by Gasteiger charge is -2.21. The van der Waals surface area contributed by atoms with E-state index >= 15 is 0 Å². The van der Waals surface area contributed by atoms with Gasteiger partial charge in [-0.3, -0.25) is 10.2 Å². The monoisotopic (exact) mass is 504 g/mol. The maximum atomic E-state index is 3.83. The van der Waals surface area contributed by atoms with Crippen molar-refractivity contribution in [3.8, 4) is 0 Å². The van der Waals surface area contributed by atoms with E-state index in [0.717, 1.165) is 13.1 Å². The summed E-state index contributed by atoms with van der Waals surface area (Å²) < 4.78 is 0. The summed E-state index contributed by atoms with van der Waals surface area (Å²) in [5, 5.41) is 13.0. The van der Waals surface area contributed by atoms with Gasteiger partial charge in [0, 0.05) is 29.2 Å². The van der Waals surface area contributed by atoms with Crippen LogP contribution in [0.15, 0.2) is 146 Å². The van der Waals surface area contributed by atoms with Crippen molar-refractivity contribution in [3.63, 3.8) is 0 Å². The Kier molecular flexibility index (Phi) is 8.68. The molecule has 0 aliphatic carbocycles. The molecule has 2 nitrogen and oxygen atoms in total. The summed E-state index contributed by atoms with van der Waals surface area (Å²) in [5.74, 6) is 0. The summed E-state index contributed by atoms with van der Waals surface area (Å²) >= 11 is 0. The zero-order valence-electron chi connectivity index (χ0n) is 20.2. The fourth-order valence-electron chi connectivity index (χ4n) is 4.09. The fourth-order valence-corrected chi connectivity index (χ4v) is 7.98. The van der Waals surface area contributed by atoms with Crippen molar-refractivity contribution in [3.05, 3.63) is 157 Å². The van der Waals surface area contributed by atoms with Gasteiger partial charge in [-0.15, -0.1) is 0 Å². The van der Waals surface area contributed by atoms with Crippen molar-refractivity contribution in [1.29, 1.82) is 0 Å². The Morgan fingerprint density at radius 1 is 0.333 bits per heavy atom. The lowest BCUT2D eigenvalue weighted by Crippen LogP contribution is -2.23. The molecule has 4 heteroatoms. The van der Waals surface area contributed by atoms with Crippen molar-refractivity contribution < 1.29 is 0 Å². The van der Waals surface area contributed by atoms with E-state index in [1.807, 2.05) is 0 Å². The minimum Gasteiger partial charge on any atom is -0.284 e. The van der Waals surface area contributed by atoms with Gasteiger partial charge in [0.2, 0.25) is 0 Å². The lowest BCUT2D eigenvalue weighted by atomic mass is 10.1. The van der Waals surface area contributed by atoms with Crippen LogP contribution in [-0.4, -0.2) is 0 Å². The predicted molar refractivity (Wildman–Crippen MR) is 158 cm³/mol. The topological polar surface area (TPSA) is 24.1 Å². The highest BCUT2D eigenvalue weighted by Crippen LogP contribution is 2.30. The van der Waals surface area contributed by atoms with E-state index in [1.54, 1.807) is 0 Å². The summed E-state index contributed by atoms with van der Waals surface area (Å²) in [7, 11) is -1.22. The Labute approximate surface area is 217 Å². The molecule has 0 saturated carbocycles. The Hall–Kier alpha value is -3.12. The molecule has 0 radical (unpaired) electrons. The van der Waals surface area contributed by atoms with Crippen LogP contribution in [0.25, 0.3) is 0 Å². The number of rotatable bonds is 10. The molecule has 0 fully saturated rings. The van der Waals surface area contributed by atoms with Gasteiger partial charge in [-0.05, 0) is 32.3 Å². The molecule has 36 heavy (non-hydrogen) atoms. The number of nitrogens with one attached hydrogen (secondary N) is 2. The third-order valence-electron chi connectivity index (χ3n) is 5.96. The van der Waals surface area contributed by atoms with Crippen LogP contribution in [-0.2, 0) is 13.1 Å². The quantitative estimate of drug-likeness (QED) is 0.229. The molecular weight excluding hydrogens is 474 g/mol. The molecule has 178 valence electrons. The second kappa shape index (κ2) is 12.7. The van der Waals surface area contributed by atoms with Crippen LogP contribution in [0.4, 0.5) is 0 Å². The van der Waals surface area contributed by atoms with Crippen molar-refractivity contribution >= 4 is 37.4 Å². The molecule has 0 atom stereocenters. The molecule has 0 spiro atoms. The molecule has 0 aromatic heterocycles. The average molecular weight is 505 g/mol. The Balaban J connectivity index is 1.25. The van der Waals surface area contributed by atoms with Crippen LogP contribution in [0.2, 0.25) is 0 Å². The molecule has 0 bridgehead atoms. The highest BCUT2D eigenvalue weighted by molar-refractivity contribution is 7.71. The van der Waals surface area contributed by atoms with Crippen molar-refractivity contribution in [2.45, 2.75) is 13.1 Å². The molecular formula is C32H30N2P2. The first kappa shape index (κ1) is 24.6. The number of benzene rings is 5. The fraction of sp³-hybridized carbons (Fsp3) is 0.0625. The van der Waals surface area contributed by atoms with Crippen molar-refractivity contribution in [1.82, 2.24) is 10.2 Å². The smallest absolute Gasteiger partial charge is 0.0256 e. The van der Waals surface area contributed by atoms with E-state index in [0.29, 0.717) is 0 Å². The zero-order chi connectivity index (χ0) is 24.4. The molecule has 0 heterocycles. The van der Waals surface area contributed by atoms with Gasteiger partial charge in [-0.25, -0.2) is 0 Å². The molecule has 2 N–H and O–H groups in total. The number of hydrogen-bond donors (Lipinski definition) is 2. The van der Waals surface area contributed by atoms with Crippen LogP contribution in [0.3, 0.4) is 0 Å². The molecule has 0 unspecified atom stereocenters. The van der Waals surface area contributed by atoms with E-state index < -0.39 is 16.1 Å². The summed E-state index contributed by atoms with van der Waals surface area (Å²) in [4.78, 5) is 0. The van der Waals surface area contributed by atoms with Crippen LogP contribution in [0.1, 0.15) is 11.1 Å².